The molecule has 16 heteroatoms. The fourth-order valence-electron chi connectivity index (χ4n) is 4.70. The van der Waals surface area contributed by atoms with Gasteiger partial charge in [-0.25, -0.2) is 0 Å². The Balaban J connectivity index is 1.62. The lowest BCUT2D eigenvalue weighted by Crippen LogP contribution is -2.64. The minimum absolute atomic E-state index is 0.0437. The highest BCUT2D eigenvalue weighted by Crippen LogP contribution is 2.40. The molecule has 0 aliphatic carbocycles. The van der Waals surface area contributed by atoms with Gasteiger partial charge < -0.3 is 74.4 Å². The molecule has 2 aliphatic rings. The molecule has 2 saturated heterocycles. The first-order valence-corrected chi connectivity index (χ1v) is 12.6. The van der Waals surface area contributed by atoms with Crippen LogP contribution in [0, 0.1) is 0 Å². The maximum atomic E-state index is 13.7. The van der Waals surface area contributed by atoms with E-state index in [1.54, 1.807) is 0 Å². The number of benzene rings is 2. The molecule has 3 heterocycles. The molecular weight excluding hydrogens is 568 g/mol. The van der Waals surface area contributed by atoms with Crippen molar-refractivity contribution in [1.82, 2.24) is 0 Å². The number of phenols is 4. The highest BCUT2D eigenvalue weighted by molar-refractivity contribution is 5.88. The Kier molecular flexibility index (Phi) is 8.17. The van der Waals surface area contributed by atoms with Crippen molar-refractivity contribution in [1.29, 1.82) is 0 Å². The largest absolute Gasteiger partial charge is 0.508 e. The Labute approximate surface area is 235 Å². The van der Waals surface area contributed by atoms with Crippen LogP contribution in [0.25, 0.3) is 22.3 Å². The monoisotopic (exact) mass is 596 g/mol. The van der Waals surface area contributed by atoms with Crippen molar-refractivity contribution in [2.24, 2.45) is 0 Å². The summed E-state index contributed by atoms with van der Waals surface area (Å²) >= 11 is 0. The van der Waals surface area contributed by atoms with E-state index in [1.807, 2.05) is 0 Å². The van der Waals surface area contributed by atoms with Crippen LogP contribution in [0.5, 0.6) is 28.7 Å². The highest BCUT2D eigenvalue weighted by Gasteiger charge is 2.50. The number of rotatable bonds is 6. The van der Waals surface area contributed by atoms with Gasteiger partial charge in [0.15, 0.2) is 29.7 Å². The van der Waals surface area contributed by atoms with Crippen LogP contribution in [0.4, 0.5) is 0 Å². The van der Waals surface area contributed by atoms with Gasteiger partial charge in [-0.15, -0.1) is 0 Å². The molecule has 3 aromatic rings. The number of aliphatic hydroxyl groups is 6. The molecule has 2 aliphatic heterocycles. The van der Waals surface area contributed by atoms with Crippen LogP contribution in [0.3, 0.4) is 0 Å². The molecular formula is C26H28O16. The lowest BCUT2D eigenvalue weighted by Gasteiger charge is -2.44. The number of fused-ring (bicyclic) bond motifs is 1. The molecule has 10 N–H and O–H groups in total. The molecule has 9 atom stereocenters. The number of phenolic OH excluding ortho intramolecular Hbond substituents is 4. The summed E-state index contributed by atoms with van der Waals surface area (Å²) in [6.07, 6.45) is -15.5. The fourth-order valence-corrected chi connectivity index (χ4v) is 4.70. The second-order valence-electron chi connectivity index (χ2n) is 9.81. The van der Waals surface area contributed by atoms with Crippen molar-refractivity contribution in [2.45, 2.75) is 55.3 Å². The van der Waals surface area contributed by atoms with E-state index in [1.165, 1.54) is 6.07 Å². The van der Waals surface area contributed by atoms with Crippen LogP contribution in [0.2, 0.25) is 0 Å². The minimum Gasteiger partial charge on any atom is -0.508 e. The Hall–Kier alpha value is -3.71. The normalized spacial score (nSPS) is 31.7. The zero-order valence-electron chi connectivity index (χ0n) is 21.4. The van der Waals surface area contributed by atoms with Crippen molar-refractivity contribution in [3.8, 4) is 40.1 Å². The Morgan fingerprint density at radius 1 is 0.833 bits per heavy atom. The number of hydrogen-bond acceptors (Lipinski definition) is 16. The third kappa shape index (κ3) is 5.31. The first-order chi connectivity index (χ1) is 19.9. The summed E-state index contributed by atoms with van der Waals surface area (Å²) in [5.74, 6) is -3.39. The van der Waals surface area contributed by atoms with Crippen LogP contribution >= 0.6 is 0 Å². The summed E-state index contributed by atoms with van der Waals surface area (Å²) in [5.41, 5.74) is -1.38. The third-order valence-electron chi connectivity index (χ3n) is 6.96. The van der Waals surface area contributed by atoms with E-state index in [9.17, 15) is 55.9 Å². The van der Waals surface area contributed by atoms with Gasteiger partial charge in [0.2, 0.25) is 17.5 Å². The fraction of sp³-hybridized carbons (Fsp3) is 0.423. The molecule has 1 aromatic heterocycles. The molecule has 0 unspecified atom stereocenters. The summed E-state index contributed by atoms with van der Waals surface area (Å²) in [7, 11) is 0. The lowest BCUT2D eigenvalue weighted by atomic mass is 9.98. The SMILES string of the molecule is O=c1c(O[C@@H]2O[C@@H](CO)[C@@H](O)[C@H](O)[C@H]2O[C@@H]2OC[C@H](O)[C@@H](O)[C@H]2O)c(-c2ccc(O)c(O)c2)oc2cc(O)cc(O)c12. The average Bonchev–Trinajstić information content (AvgIpc) is 2.94. The standard InChI is InChI=1S/C26H28O16/c27-6-15-18(34)20(36)24(42-25-21(37)17(33)13(32)7-38-25)26(40-15)41-23-19(35)16-12(31)4-9(28)5-14(16)39-22(23)8-1-2-10(29)11(30)3-8/h1-5,13,15,17-18,20-21,24-34,36-37H,6-7H2/t13-,15-,17+,18+,20-,21+,24+,25-,26-/m0/s1. The van der Waals surface area contributed by atoms with E-state index in [0.29, 0.717) is 0 Å². The molecule has 0 radical (unpaired) electrons. The second-order valence-corrected chi connectivity index (χ2v) is 9.81. The quantitative estimate of drug-likeness (QED) is 0.137. The molecule has 0 bridgehead atoms. The van der Waals surface area contributed by atoms with Gasteiger partial charge in [0.25, 0.3) is 0 Å². The van der Waals surface area contributed by atoms with E-state index < -0.39 is 114 Å². The van der Waals surface area contributed by atoms with Crippen LogP contribution in [0.1, 0.15) is 0 Å². The molecule has 42 heavy (non-hydrogen) atoms. The van der Waals surface area contributed by atoms with Gasteiger partial charge in [0.05, 0.1) is 13.2 Å². The summed E-state index contributed by atoms with van der Waals surface area (Å²) in [6, 6.07) is 5.21. The number of aromatic hydroxyl groups is 4. The smallest absolute Gasteiger partial charge is 0.239 e. The van der Waals surface area contributed by atoms with Crippen molar-refractivity contribution < 1.29 is 74.4 Å². The second kappa shape index (κ2) is 11.5. The maximum Gasteiger partial charge on any atom is 0.239 e. The molecule has 2 fully saturated rings. The summed E-state index contributed by atoms with van der Waals surface area (Å²) in [6.45, 7) is -1.31. The molecule has 0 amide bonds. The average molecular weight is 596 g/mol. The van der Waals surface area contributed by atoms with E-state index in [-0.39, 0.29) is 11.1 Å². The first-order valence-electron chi connectivity index (χ1n) is 12.6. The summed E-state index contributed by atoms with van der Waals surface area (Å²) < 4.78 is 28.0. The Bertz CT molecular complexity index is 1510. The van der Waals surface area contributed by atoms with Gasteiger partial charge in [-0.3, -0.25) is 4.79 Å². The molecule has 0 spiro atoms. The van der Waals surface area contributed by atoms with E-state index in [2.05, 4.69) is 0 Å². The Morgan fingerprint density at radius 2 is 1.57 bits per heavy atom. The predicted octanol–water partition coefficient (Wildman–Crippen LogP) is -2.08. The number of ether oxygens (including phenoxy) is 4. The van der Waals surface area contributed by atoms with Crippen LogP contribution in [-0.4, -0.2) is 120 Å². The van der Waals surface area contributed by atoms with Crippen molar-refractivity contribution in [3.05, 3.63) is 40.6 Å². The number of aliphatic hydroxyl groups excluding tert-OH is 6. The topological polar surface area (TPSA) is 269 Å². The van der Waals surface area contributed by atoms with Crippen molar-refractivity contribution >= 4 is 11.0 Å². The van der Waals surface area contributed by atoms with E-state index in [0.717, 1.165) is 24.3 Å². The minimum atomic E-state index is -1.90. The molecule has 2 aromatic carbocycles. The van der Waals surface area contributed by atoms with Gasteiger partial charge in [-0.1, -0.05) is 0 Å². The molecule has 5 rings (SSSR count). The van der Waals surface area contributed by atoms with E-state index in [4.69, 9.17) is 23.4 Å². The Morgan fingerprint density at radius 3 is 2.26 bits per heavy atom. The maximum absolute atomic E-state index is 13.7. The van der Waals surface area contributed by atoms with Crippen LogP contribution in [0.15, 0.2) is 39.5 Å². The van der Waals surface area contributed by atoms with Gasteiger partial charge in [0, 0.05) is 17.7 Å². The number of hydrogen-bond donors (Lipinski definition) is 10. The molecule has 16 nitrogen and oxygen atoms in total. The predicted molar refractivity (Wildman–Crippen MR) is 136 cm³/mol. The first kappa shape index (κ1) is 29.8. The van der Waals surface area contributed by atoms with Crippen molar-refractivity contribution in [2.75, 3.05) is 13.2 Å². The van der Waals surface area contributed by atoms with Gasteiger partial charge in [0.1, 0.15) is 59.1 Å². The zero-order valence-corrected chi connectivity index (χ0v) is 21.4. The van der Waals surface area contributed by atoms with Gasteiger partial charge in [-0.05, 0) is 18.2 Å². The zero-order chi connectivity index (χ0) is 30.5. The summed E-state index contributed by atoms with van der Waals surface area (Å²) in [4.78, 5) is 13.7. The lowest BCUT2D eigenvalue weighted by molar-refractivity contribution is -0.345. The van der Waals surface area contributed by atoms with Crippen molar-refractivity contribution in [3.63, 3.8) is 0 Å². The molecule has 0 saturated carbocycles. The van der Waals surface area contributed by atoms with E-state index >= 15 is 0 Å². The summed E-state index contributed by atoms with van der Waals surface area (Å²) in [5, 5.41) is 101. The van der Waals surface area contributed by atoms with Gasteiger partial charge in [-0.2, -0.15) is 0 Å². The van der Waals surface area contributed by atoms with Crippen LogP contribution in [-0.2, 0) is 14.2 Å². The third-order valence-corrected chi connectivity index (χ3v) is 6.96. The van der Waals surface area contributed by atoms with Gasteiger partial charge >= 0.3 is 0 Å². The molecule has 228 valence electrons. The highest BCUT2D eigenvalue weighted by atomic mass is 16.8. The van der Waals surface area contributed by atoms with Crippen LogP contribution < -0.4 is 10.2 Å².